The lowest BCUT2D eigenvalue weighted by molar-refractivity contribution is -0.124. The van der Waals surface area contributed by atoms with E-state index in [0.717, 1.165) is 68.6 Å². The normalized spacial score (nSPS) is 17.2. The lowest BCUT2D eigenvalue weighted by Gasteiger charge is -2.42. The number of nitrogens with one attached hydrogen (secondary N) is 2. The van der Waals surface area contributed by atoms with Crippen molar-refractivity contribution in [3.63, 3.8) is 0 Å². The number of benzene rings is 2. The third-order valence-corrected chi connectivity index (χ3v) is 8.67. The van der Waals surface area contributed by atoms with E-state index in [9.17, 15) is 9.59 Å². The Hall–Kier alpha value is -3.22. The second-order valence-corrected chi connectivity index (χ2v) is 13.6. The highest BCUT2D eigenvalue weighted by molar-refractivity contribution is 5.87. The molecule has 3 amide bonds. The van der Waals surface area contributed by atoms with Gasteiger partial charge < -0.3 is 25.2 Å². The Balaban J connectivity index is 1.43. The zero-order valence-corrected chi connectivity index (χ0v) is 26.9. The first kappa shape index (κ1) is 32.7. The number of carbonyl (C=O) groups is 2. The van der Waals surface area contributed by atoms with Crippen LogP contribution in [0.4, 0.5) is 10.5 Å². The fourth-order valence-electron chi connectivity index (χ4n) is 6.40. The minimum Gasteiger partial charge on any atom is -0.489 e. The van der Waals surface area contributed by atoms with E-state index in [2.05, 4.69) is 79.6 Å². The Morgan fingerprint density at radius 1 is 0.907 bits per heavy atom. The number of rotatable bonds is 12. The number of amides is 3. The molecule has 1 heterocycles. The number of anilines is 1. The van der Waals surface area contributed by atoms with Gasteiger partial charge in [-0.25, -0.2) is 4.79 Å². The molecule has 2 aliphatic rings. The van der Waals surface area contributed by atoms with Gasteiger partial charge in [-0.2, -0.15) is 0 Å². The smallest absolute Gasteiger partial charge is 0.318 e. The molecule has 43 heavy (non-hydrogen) atoms. The Labute approximate surface area is 259 Å². The number of hydrogen-bond donors (Lipinski definition) is 2. The number of likely N-dealkylation sites (tertiary alicyclic amines) is 1. The van der Waals surface area contributed by atoms with Crippen LogP contribution < -0.4 is 20.3 Å². The SMILES string of the molecule is CC(C)CC(NC(=O)N1CCCCCC1)C(=O)NC(C)(C)CN(c1ccc(OCc2ccccc2)cc1)C1CCCCC1. The van der Waals surface area contributed by atoms with Crippen LogP contribution in [0.5, 0.6) is 5.75 Å². The van der Waals surface area contributed by atoms with Gasteiger partial charge in [0.1, 0.15) is 18.4 Å². The van der Waals surface area contributed by atoms with E-state index in [4.69, 9.17) is 4.74 Å². The van der Waals surface area contributed by atoms with Crippen LogP contribution in [-0.2, 0) is 11.4 Å². The molecular formula is C36H54N4O3. The molecule has 1 saturated carbocycles. The van der Waals surface area contributed by atoms with Crippen molar-refractivity contribution in [3.05, 3.63) is 60.2 Å². The highest BCUT2D eigenvalue weighted by atomic mass is 16.5. The monoisotopic (exact) mass is 590 g/mol. The number of nitrogens with zero attached hydrogens (tertiary/aromatic N) is 2. The van der Waals surface area contributed by atoms with Crippen LogP contribution in [0.25, 0.3) is 0 Å². The van der Waals surface area contributed by atoms with E-state index in [1.54, 1.807) is 0 Å². The molecule has 4 rings (SSSR count). The van der Waals surface area contributed by atoms with Gasteiger partial charge in [-0.05, 0) is 81.7 Å². The zero-order chi connectivity index (χ0) is 30.7. The van der Waals surface area contributed by atoms with Crippen LogP contribution in [-0.4, -0.2) is 54.1 Å². The molecule has 2 N–H and O–H groups in total. The topological polar surface area (TPSA) is 73.9 Å². The average molecular weight is 591 g/mol. The van der Waals surface area contributed by atoms with Gasteiger partial charge >= 0.3 is 6.03 Å². The lowest BCUT2D eigenvalue weighted by Crippen LogP contribution is -2.59. The Morgan fingerprint density at radius 3 is 2.16 bits per heavy atom. The van der Waals surface area contributed by atoms with E-state index in [-0.39, 0.29) is 17.9 Å². The molecule has 236 valence electrons. The molecule has 1 aliphatic carbocycles. The first-order chi connectivity index (χ1) is 20.7. The molecule has 2 aromatic carbocycles. The highest BCUT2D eigenvalue weighted by Gasteiger charge is 2.33. The average Bonchev–Trinajstić information content (AvgIpc) is 3.29. The lowest BCUT2D eigenvalue weighted by atomic mass is 9.92. The summed E-state index contributed by atoms with van der Waals surface area (Å²) in [6.45, 7) is 11.1. The summed E-state index contributed by atoms with van der Waals surface area (Å²) in [6.07, 6.45) is 11.0. The summed E-state index contributed by atoms with van der Waals surface area (Å²) in [6, 6.07) is 18.4. The highest BCUT2D eigenvalue weighted by Crippen LogP contribution is 2.30. The Morgan fingerprint density at radius 2 is 1.53 bits per heavy atom. The van der Waals surface area contributed by atoms with Gasteiger partial charge in [0, 0.05) is 31.4 Å². The minimum atomic E-state index is -0.556. The van der Waals surface area contributed by atoms with Crippen LogP contribution in [0.1, 0.15) is 97.5 Å². The second-order valence-electron chi connectivity index (χ2n) is 13.6. The molecule has 0 aromatic heterocycles. The second kappa shape index (κ2) is 16.0. The van der Waals surface area contributed by atoms with Crippen LogP contribution in [0.2, 0.25) is 0 Å². The van der Waals surface area contributed by atoms with Gasteiger partial charge in [-0.1, -0.05) is 76.3 Å². The molecule has 1 aliphatic heterocycles. The number of hydrogen-bond acceptors (Lipinski definition) is 4. The van der Waals surface area contributed by atoms with Crippen LogP contribution in [0, 0.1) is 5.92 Å². The maximum absolute atomic E-state index is 13.7. The number of ether oxygens (including phenoxy) is 1. The zero-order valence-electron chi connectivity index (χ0n) is 26.9. The van der Waals surface area contributed by atoms with E-state index in [0.29, 0.717) is 25.6 Å². The van der Waals surface area contributed by atoms with Gasteiger partial charge in [0.25, 0.3) is 0 Å². The molecule has 0 spiro atoms. The molecule has 0 bridgehead atoms. The summed E-state index contributed by atoms with van der Waals surface area (Å²) in [7, 11) is 0. The van der Waals surface area contributed by atoms with Crippen molar-refractivity contribution in [3.8, 4) is 5.75 Å². The molecule has 1 atom stereocenters. The molecular weight excluding hydrogens is 536 g/mol. The van der Waals surface area contributed by atoms with E-state index >= 15 is 0 Å². The van der Waals surface area contributed by atoms with E-state index < -0.39 is 11.6 Å². The quantitative estimate of drug-likeness (QED) is 0.272. The molecule has 1 unspecified atom stereocenters. The summed E-state index contributed by atoms with van der Waals surface area (Å²) in [5.41, 5.74) is 1.79. The third kappa shape index (κ3) is 10.5. The largest absolute Gasteiger partial charge is 0.489 e. The molecule has 2 aromatic rings. The summed E-state index contributed by atoms with van der Waals surface area (Å²) in [4.78, 5) is 31.2. The summed E-state index contributed by atoms with van der Waals surface area (Å²) >= 11 is 0. The maximum atomic E-state index is 13.7. The van der Waals surface area contributed by atoms with Crippen molar-refractivity contribution in [2.24, 2.45) is 5.92 Å². The Kier molecular flexibility index (Phi) is 12.2. The van der Waals surface area contributed by atoms with Gasteiger partial charge in [0.05, 0.1) is 5.54 Å². The van der Waals surface area contributed by atoms with Crippen molar-refractivity contribution in [1.82, 2.24) is 15.5 Å². The molecule has 0 radical (unpaired) electrons. The summed E-state index contributed by atoms with van der Waals surface area (Å²) in [5.74, 6) is 1.03. The first-order valence-corrected chi connectivity index (χ1v) is 16.6. The van der Waals surface area contributed by atoms with Crippen molar-refractivity contribution >= 4 is 17.6 Å². The summed E-state index contributed by atoms with van der Waals surface area (Å²) < 4.78 is 6.05. The first-order valence-electron chi connectivity index (χ1n) is 16.6. The standard InChI is InChI=1S/C36H54N4O3/c1-28(2)25-33(37-35(42)39-23-13-5-6-14-24-39)34(41)38-36(3,4)27-40(30-17-11-8-12-18-30)31-19-21-32(22-20-31)43-26-29-15-9-7-10-16-29/h7,9-10,15-16,19-22,28,30,33H,5-6,8,11-14,17-18,23-27H2,1-4H3,(H,37,42)(H,38,41). The van der Waals surface area contributed by atoms with Crippen LogP contribution >= 0.6 is 0 Å². The van der Waals surface area contributed by atoms with Crippen molar-refractivity contribution in [2.75, 3.05) is 24.5 Å². The fourth-order valence-corrected chi connectivity index (χ4v) is 6.40. The molecule has 2 fully saturated rings. The number of urea groups is 1. The Bertz CT molecular complexity index is 1120. The van der Waals surface area contributed by atoms with Crippen LogP contribution in [0.3, 0.4) is 0 Å². The molecule has 7 nitrogen and oxygen atoms in total. The third-order valence-electron chi connectivity index (χ3n) is 8.67. The van der Waals surface area contributed by atoms with Crippen LogP contribution in [0.15, 0.2) is 54.6 Å². The van der Waals surface area contributed by atoms with E-state index in [1.807, 2.05) is 23.1 Å². The van der Waals surface area contributed by atoms with E-state index in [1.165, 1.54) is 19.3 Å². The van der Waals surface area contributed by atoms with Crippen molar-refractivity contribution < 1.29 is 14.3 Å². The van der Waals surface area contributed by atoms with Crippen molar-refractivity contribution in [2.45, 2.75) is 116 Å². The predicted molar refractivity (Wildman–Crippen MR) is 175 cm³/mol. The molecule has 1 saturated heterocycles. The fraction of sp³-hybridized carbons (Fsp3) is 0.611. The summed E-state index contributed by atoms with van der Waals surface area (Å²) in [5, 5.41) is 6.43. The number of carbonyl (C=O) groups excluding carboxylic acids is 2. The van der Waals surface area contributed by atoms with Gasteiger partial charge in [-0.3, -0.25) is 4.79 Å². The predicted octanol–water partition coefficient (Wildman–Crippen LogP) is 7.30. The minimum absolute atomic E-state index is 0.102. The van der Waals surface area contributed by atoms with Gasteiger partial charge in [-0.15, -0.1) is 0 Å². The van der Waals surface area contributed by atoms with Gasteiger partial charge in [0.2, 0.25) is 5.91 Å². The molecule has 7 heteroatoms. The van der Waals surface area contributed by atoms with Crippen molar-refractivity contribution in [1.29, 1.82) is 0 Å². The maximum Gasteiger partial charge on any atom is 0.318 e. The van der Waals surface area contributed by atoms with Gasteiger partial charge in [0.15, 0.2) is 0 Å².